The van der Waals surface area contributed by atoms with Gasteiger partial charge in [-0.2, -0.15) is 5.26 Å². The fourth-order valence-corrected chi connectivity index (χ4v) is 0.439. The van der Waals surface area contributed by atoms with Crippen molar-refractivity contribution in [1.29, 1.82) is 5.26 Å². The van der Waals surface area contributed by atoms with Crippen molar-refractivity contribution in [3.05, 3.63) is 0 Å². The second-order valence-electron chi connectivity index (χ2n) is 1.95. The molecule has 0 radical (unpaired) electrons. The molecule has 0 fully saturated rings. The highest BCUT2D eigenvalue weighted by atomic mass is 16.3. The van der Waals surface area contributed by atoms with Gasteiger partial charge in [0.2, 0.25) is 0 Å². The summed E-state index contributed by atoms with van der Waals surface area (Å²) in [6.07, 6.45) is 0.504. The maximum Gasteiger partial charge on any atom is 0.0635 e. The van der Waals surface area contributed by atoms with Crippen molar-refractivity contribution in [3.63, 3.8) is 0 Å². The number of aliphatic hydroxyl groups is 1. The summed E-state index contributed by atoms with van der Waals surface area (Å²) in [5, 5.41) is 19.5. The van der Waals surface area contributed by atoms with E-state index in [0.717, 1.165) is 0 Å². The van der Waals surface area contributed by atoms with Gasteiger partial charge < -0.3 is 10.4 Å². The van der Waals surface area contributed by atoms with Gasteiger partial charge in [-0.3, -0.25) is 0 Å². The maximum absolute atomic E-state index is 8.49. The van der Waals surface area contributed by atoms with Gasteiger partial charge in [0.15, 0.2) is 0 Å². The summed E-state index contributed by atoms with van der Waals surface area (Å²) in [5.74, 6) is 0. The van der Waals surface area contributed by atoms with E-state index in [2.05, 4.69) is 5.32 Å². The molecule has 0 aliphatic carbocycles. The van der Waals surface area contributed by atoms with E-state index in [0.29, 0.717) is 13.0 Å². The Bertz CT molecular complexity index is 97.7. The van der Waals surface area contributed by atoms with Crippen LogP contribution in [0.25, 0.3) is 0 Å². The molecule has 0 aliphatic heterocycles. The molecule has 0 saturated heterocycles. The molecule has 0 heterocycles. The number of nitrogens with zero attached hydrogens (tertiary/aromatic N) is 1. The summed E-state index contributed by atoms with van der Waals surface area (Å²) in [5.41, 5.74) is 0. The van der Waals surface area contributed by atoms with Gasteiger partial charge in [0.25, 0.3) is 0 Å². The van der Waals surface area contributed by atoms with Crippen molar-refractivity contribution in [2.75, 3.05) is 13.2 Å². The molecule has 0 rings (SSSR count). The molecule has 0 bridgehead atoms. The molecule has 0 saturated carbocycles. The average molecular weight is 128 g/mol. The molecule has 1 atom stereocenters. The van der Waals surface area contributed by atoms with Crippen LogP contribution in [0.15, 0.2) is 0 Å². The monoisotopic (exact) mass is 128 g/mol. The van der Waals surface area contributed by atoms with Crippen LogP contribution in [0.2, 0.25) is 0 Å². The number of hydrogen-bond acceptors (Lipinski definition) is 3. The lowest BCUT2D eigenvalue weighted by atomic mass is 10.3. The Morgan fingerprint density at radius 1 is 1.78 bits per heavy atom. The van der Waals surface area contributed by atoms with Gasteiger partial charge in [0.1, 0.15) is 0 Å². The largest absolute Gasteiger partial charge is 0.395 e. The van der Waals surface area contributed by atoms with Crippen molar-refractivity contribution in [2.24, 2.45) is 0 Å². The first-order chi connectivity index (χ1) is 4.31. The zero-order chi connectivity index (χ0) is 7.11. The fraction of sp³-hybridized carbons (Fsp3) is 0.833. The summed E-state index contributed by atoms with van der Waals surface area (Å²) in [6.45, 7) is 2.67. The summed E-state index contributed by atoms with van der Waals surface area (Å²) in [4.78, 5) is 0. The van der Waals surface area contributed by atoms with Crippen LogP contribution in [0, 0.1) is 11.3 Å². The lowest BCUT2D eigenvalue weighted by molar-refractivity contribution is 0.252. The van der Waals surface area contributed by atoms with Crippen molar-refractivity contribution in [1.82, 2.24) is 5.32 Å². The topological polar surface area (TPSA) is 56.0 Å². The van der Waals surface area contributed by atoms with E-state index in [4.69, 9.17) is 10.4 Å². The van der Waals surface area contributed by atoms with E-state index >= 15 is 0 Å². The molecule has 1 unspecified atom stereocenters. The van der Waals surface area contributed by atoms with Crippen molar-refractivity contribution < 1.29 is 5.11 Å². The molecule has 0 spiro atoms. The Labute approximate surface area is 55.3 Å². The fourth-order valence-electron chi connectivity index (χ4n) is 0.439. The summed E-state index contributed by atoms with van der Waals surface area (Å²) in [6, 6.07) is 2.11. The molecule has 9 heavy (non-hydrogen) atoms. The third kappa shape index (κ3) is 5.28. The Morgan fingerprint density at radius 3 is 2.89 bits per heavy atom. The quantitative estimate of drug-likeness (QED) is 0.518. The van der Waals surface area contributed by atoms with Gasteiger partial charge in [0, 0.05) is 19.0 Å². The zero-order valence-corrected chi connectivity index (χ0v) is 5.59. The summed E-state index contributed by atoms with van der Waals surface area (Å²) < 4.78 is 0. The molecule has 0 amide bonds. The maximum atomic E-state index is 8.49. The van der Waals surface area contributed by atoms with Crippen molar-refractivity contribution in [3.8, 4) is 6.07 Å². The van der Waals surface area contributed by atoms with Gasteiger partial charge in [-0.25, -0.2) is 0 Å². The minimum absolute atomic E-state index is 0.110. The van der Waals surface area contributed by atoms with E-state index in [9.17, 15) is 0 Å². The molecular formula is C6H12N2O. The zero-order valence-electron chi connectivity index (χ0n) is 5.59. The lowest BCUT2D eigenvalue weighted by Gasteiger charge is -2.06. The first kappa shape index (κ1) is 8.41. The Kier molecular flexibility index (Phi) is 5.18. The summed E-state index contributed by atoms with van der Waals surface area (Å²) >= 11 is 0. The molecule has 3 nitrogen and oxygen atoms in total. The molecule has 0 aromatic rings. The normalized spacial score (nSPS) is 12.6. The van der Waals surface area contributed by atoms with E-state index < -0.39 is 0 Å². The number of rotatable bonds is 4. The van der Waals surface area contributed by atoms with Crippen LogP contribution in [0.4, 0.5) is 0 Å². The highest BCUT2D eigenvalue weighted by Gasteiger charge is 1.94. The molecular weight excluding hydrogens is 116 g/mol. The molecule has 0 aliphatic rings. The minimum Gasteiger partial charge on any atom is -0.395 e. The molecule has 2 N–H and O–H groups in total. The standard InChI is InChI=1S/C6H12N2O/c1-6(5-9)8-4-2-3-7/h6,8-9H,2,4-5H2,1H3. The second-order valence-corrected chi connectivity index (χ2v) is 1.95. The third-order valence-electron chi connectivity index (χ3n) is 1.00. The summed E-state index contributed by atoms with van der Waals surface area (Å²) in [7, 11) is 0. The minimum atomic E-state index is 0.110. The van der Waals surface area contributed by atoms with Crippen LogP contribution < -0.4 is 5.32 Å². The van der Waals surface area contributed by atoms with E-state index in [1.54, 1.807) is 0 Å². The molecule has 0 aromatic carbocycles. The smallest absolute Gasteiger partial charge is 0.0635 e. The Balaban J connectivity index is 2.99. The van der Waals surface area contributed by atoms with Crippen LogP contribution in [0.3, 0.4) is 0 Å². The van der Waals surface area contributed by atoms with Crippen LogP contribution in [-0.2, 0) is 0 Å². The highest BCUT2D eigenvalue weighted by molar-refractivity contribution is 4.71. The van der Waals surface area contributed by atoms with Gasteiger partial charge in [-0.05, 0) is 6.92 Å². The number of aliphatic hydroxyl groups excluding tert-OH is 1. The van der Waals surface area contributed by atoms with Crippen LogP contribution >= 0.6 is 0 Å². The highest BCUT2D eigenvalue weighted by Crippen LogP contribution is 1.78. The third-order valence-corrected chi connectivity index (χ3v) is 1.00. The predicted molar refractivity (Wildman–Crippen MR) is 34.8 cm³/mol. The van der Waals surface area contributed by atoms with E-state index in [-0.39, 0.29) is 12.6 Å². The van der Waals surface area contributed by atoms with Crippen molar-refractivity contribution >= 4 is 0 Å². The SMILES string of the molecule is CC(CO)NCCC#N. The Hall–Kier alpha value is -0.590. The molecule has 0 aromatic heterocycles. The number of hydrogen-bond donors (Lipinski definition) is 2. The Morgan fingerprint density at radius 2 is 2.44 bits per heavy atom. The van der Waals surface area contributed by atoms with Gasteiger partial charge >= 0.3 is 0 Å². The van der Waals surface area contributed by atoms with Gasteiger partial charge in [0.05, 0.1) is 12.7 Å². The number of nitriles is 1. The van der Waals surface area contributed by atoms with Crippen LogP contribution in [0.1, 0.15) is 13.3 Å². The van der Waals surface area contributed by atoms with Crippen LogP contribution in [0.5, 0.6) is 0 Å². The first-order valence-corrected chi connectivity index (χ1v) is 3.02. The average Bonchev–Trinajstić information content (AvgIpc) is 1.89. The lowest BCUT2D eigenvalue weighted by Crippen LogP contribution is -2.29. The van der Waals surface area contributed by atoms with Crippen LogP contribution in [-0.4, -0.2) is 24.3 Å². The first-order valence-electron chi connectivity index (χ1n) is 3.02. The van der Waals surface area contributed by atoms with Gasteiger partial charge in [-0.15, -0.1) is 0 Å². The van der Waals surface area contributed by atoms with Gasteiger partial charge in [-0.1, -0.05) is 0 Å². The van der Waals surface area contributed by atoms with Crippen molar-refractivity contribution in [2.45, 2.75) is 19.4 Å². The van der Waals surface area contributed by atoms with E-state index in [1.807, 2.05) is 13.0 Å². The molecule has 3 heteroatoms. The van der Waals surface area contributed by atoms with E-state index in [1.165, 1.54) is 0 Å². The number of nitrogens with one attached hydrogen (secondary N) is 1. The predicted octanol–water partition coefficient (Wildman–Crippen LogP) is -0.130. The second kappa shape index (κ2) is 5.54. The molecule has 52 valence electrons.